The van der Waals surface area contributed by atoms with Crippen LogP contribution in [-0.2, 0) is 11.2 Å². The molecule has 1 N–H and O–H groups in total. The van der Waals surface area contributed by atoms with Crippen LogP contribution in [0.4, 0.5) is 8.78 Å². The van der Waals surface area contributed by atoms with Gasteiger partial charge < -0.3 is 9.84 Å². The smallest absolute Gasteiger partial charge is 0.303 e. The van der Waals surface area contributed by atoms with Gasteiger partial charge >= 0.3 is 5.97 Å². The number of ether oxygens (including phenoxy) is 1. The molecule has 1 aromatic carbocycles. The highest BCUT2D eigenvalue weighted by atomic mass is 19.2. The van der Waals surface area contributed by atoms with Crippen LogP contribution in [0.25, 0.3) is 0 Å². The topological polar surface area (TPSA) is 46.5 Å². The summed E-state index contributed by atoms with van der Waals surface area (Å²) < 4.78 is 31.6. The molecule has 0 saturated carbocycles. The van der Waals surface area contributed by atoms with Gasteiger partial charge in [-0.2, -0.15) is 4.39 Å². The summed E-state index contributed by atoms with van der Waals surface area (Å²) in [6.07, 6.45) is -0.269. The molecule has 0 heterocycles. The third-order valence-corrected chi connectivity index (χ3v) is 2.03. The summed E-state index contributed by atoms with van der Waals surface area (Å²) in [6, 6.07) is 2.64. The molecule has 0 aliphatic carbocycles. The van der Waals surface area contributed by atoms with Gasteiger partial charge in [-0.15, -0.1) is 0 Å². The van der Waals surface area contributed by atoms with Crippen LogP contribution < -0.4 is 4.74 Å². The molecule has 0 amide bonds. The Balaban J connectivity index is 2.88. The fourth-order valence-corrected chi connectivity index (χ4v) is 1.27. The average Bonchev–Trinajstić information content (AvgIpc) is 2.24. The fourth-order valence-electron chi connectivity index (χ4n) is 1.27. The van der Waals surface area contributed by atoms with Crippen LogP contribution in [-0.4, -0.2) is 17.7 Å². The quantitative estimate of drug-likeness (QED) is 0.844. The van der Waals surface area contributed by atoms with Gasteiger partial charge in [0.1, 0.15) is 0 Å². The van der Waals surface area contributed by atoms with Gasteiger partial charge in [-0.3, -0.25) is 4.79 Å². The van der Waals surface area contributed by atoms with E-state index >= 15 is 0 Å². The van der Waals surface area contributed by atoms with Crippen molar-refractivity contribution in [2.45, 2.75) is 19.8 Å². The number of aliphatic carboxylic acids is 1. The van der Waals surface area contributed by atoms with Crippen molar-refractivity contribution >= 4 is 5.97 Å². The second kappa shape index (κ2) is 5.44. The molecule has 0 spiro atoms. The van der Waals surface area contributed by atoms with E-state index < -0.39 is 17.6 Å². The van der Waals surface area contributed by atoms with Gasteiger partial charge in [-0.1, -0.05) is 6.07 Å². The van der Waals surface area contributed by atoms with Gasteiger partial charge in [-0.05, 0) is 25.0 Å². The van der Waals surface area contributed by atoms with Gasteiger partial charge in [0.25, 0.3) is 0 Å². The number of carboxylic acid groups (broad SMARTS) is 1. The minimum Gasteiger partial charge on any atom is -0.491 e. The maximum absolute atomic E-state index is 13.4. The van der Waals surface area contributed by atoms with Crippen molar-refractivity contribution in [3.8, 4) is 5.75 Å². The Hall–Kier alpha value is -1.65. The van der Waals surface area contributed by atoms with Crippen LogP contribution in [0.5, 0.6) is 5.75 Å². The molecule has 5 heteroatoms. The lowest BCUT2D eigenvalue weighted by Gasteiger charge is -2.08. The van der Waals surface area contributed by atoms with Crippen molar-refractivity contribution < 1.29 is 23.4 Å². The molecular formula is C11H12F2O3. The predicted molar refractivity (Wildman–Crippen MR) is 53.5 cm³/mol. The van der Waals surface area contributed by atoms with E-state index in [0.717, 1.165) is 0 Å². The molecule has 1 rings (SSSR count). The number of hydrogen-bond acceptors (Lipinski definition) is 2. The highest BCUT2D eigenvalue weighted by Crippen LogP contribution is 2.23. The summed E-state index contributed by atoms with van der Waals surface area (Å²) in [6.45, 7) is 1.90. The lowest BCUT2D eigenvalue weighted by Crippen LogP contribution is -2.03. The van der Waals surface area contributed by atoms with Crippen molar-refractivity contribution in [2.24, 2.45) is 0 Å². The number of hydrogen-bond donors (Lipinski definition) is 1. The lowest BCUT2D eigenvalue weighted by atomic mass is 10.1. The Morgan fingerprint density at radius 1 is 1.38 bits per heavy atom. The zero-order valence-corrected chi connectivity index (χ0v) is 8.80. The first kappa shape index (κ1) is 12.4. The maximum Gasteiger partial charge on any atom is 0.303 e. The van der Waals surface area contributed by atoms with Crippen LogP contribution in [0.15, 0.2) is 12.1 Å². The van der Waals surface area contributed by atoms with Gasteiger partial charge in [0.15, 0.2) is 11.6 Å². The molecule has 0 bridgehead atoms. The largest absolute Gasteiger partial charge is 0.491 e. The van der Waals surface area contributed by atoms with Gasteiger partial charge in [-0.25, -0.2) is 4.39 Å². The zero-order valence-electron chi connectivity index (χ0n) is 8.80. The van der Waals surface area contributed by atoms with Crippen LogP contribution in [0.3, 0.4) is 0 Å². The highest BCUT2D eigenvalue weighted by molar-refractivity contribution is 5.67. The van der Waals surface area contributed by atoms with E-state index in [0.29, 0.717) is 0 Å². The van der Waals surface area contributed by atoms with Gasteiger partial charge in [0.05, 0.1) is 6.61 Å². The average molecular weight is 230 g/mol. The summed E-state index contributed by atoms with van der Waals surface area (Å²) in [5.74, 6) is -3.30. The van der Waals surface area contributed by atoms with E-state index in [1.165, 1.54) is 12.1 Å². The SMILES string of the molecule is CCOc1ccc(CCC(=O)O)c(F)c1F. The van der Waals surface area contributed by atoms with E-state index in [1.54, 1.807) is 6.92 Å². The molecule has 0 unspecified atom stereocenters. The summed E-state index contributed by atoms with van der Waals surface area (Å²) >= 11 is 0. The number of halogens is 2. The first-order valence-corrected chi connectivity index (χ1v) is 4.87. The monoisotopic (exact) mass is 230 g/mol. The Bertz CT molecular complexity index is 391. The fraction of sp³-hybridized carbons (Fsp3) is 0.364. The second-order valence-electron chi connectivity index (χ2n) is 3.18. The normalized spacial score (nSPS) is 10.2. The number of aryl methyl sites for hydroxylation is 1. The predicted octanol–water partition coefficient (Wildman–Crippen LogP) is 2.38. The summed E-state index contributed by atoms with van der Waals surface area (Å²) in [5, 5.41) is 8.43. The van der Waals surface area contributed by atoms with Crippen LogP contribution in [0.1, 0.15) is 18.9 Å². The van der Waals surface area contributed by atoms with Crippen LogP contribution in [0.2, 0.25) is 0 Å². The van der Waals surface area contributed by atoms with Crippen molar-refractivity contribution in [3.05, 3.63) is 29.3 Å². The van der Waals surface area contributed by atoms with E-state index in [9.17, 15) is 13.6 Å². The van der Waals surface area contributed by atoms with Crippen molar-refractivity contribution in [1.29, 1.82) is 0 Å². The Kier molecular flexibility index (Phi) is 4.22. The van der Waals surface area contributed by atoms with Crippen molar-refractivity contribution in [1.82, 2.24) is 0 Å². The molecule has 0 aliphatic rings. The van der Waals surface area contributed by atoms with Crippen molar-refractivity contribution in [2.75, 3.05) is 6.61 Å². The molecule has 0 atom stereocenters. The number of rotatable bonds is 5. The van der Waals surface area contributed by atoms with E-state index in [-0.39, 0.29) is 30.8 Å². The van der Waals surface area contributed by atoms with Crippen molar-refractivity contribution in [3.63, 3.8) is 0 Å². The first-order chi connectivity index (χ1) is 7.56. The third-order valence-electron chi connectivity index (χ3n) is 2.03. The lowest BCUT2D eigenvalue weighted by molar-refractivity contribution is -0.136. The Labute approximate surface area is 91.7 Å². The molecule has 1 aromatic rings. The highest BCUT2D eigenvalue weighted by Gasteiger charge is 2.14. The van der Waals surface area contributed by atoms with Crippen LogP contribution >= 0.6 is 0 Å². The van der Waals surface area contributed by atoms with E-state index in [1.807, 2.05) is 0 Å². The molecule has 16 heavy (non-hydrogen) atoms. The standard InChI is InChI=1S/C11H12F2O3/c1-2-16-8-5-3-7(4-6-9(14)15)10(12)11(8)13/h3,5H,2,4,6H2,1H3,(H,14,15). The maximum atomic E-state index is 13.4. The second-order valence-corrected chi connectivity index (χ2v) is 3.18. The summed E-state index contributed by atoms with van der Waals surface area (Å²) in [5.41, 5.74) is 0.0448. The minimum atomic E-state index is -1.07. The molecule has 0 fully saturated rings. The van der Waals surface area contributed by atoms with E-state index in [2.05, 4.69) is 0 Å². The molecule has 0 aliphatic heterocycles. The Morgan fingerprint density at radius 2 is 2.06 bits per heavy atom. The minimum absolute atomic E-state index is 0.0372. The van der Waals surface area contributed by atoms with Crippen LogP contribution in [0, 0.1) is 11.6 Å². The molecule has 3 nitrogen and oxygen atoms in total. The number of carboxylic acids is 1. The van der Waals surface area contributed by atoms with Gasteiger partial charge in [0, 0.05) is 6.42 Å². The molecule has 0 radical (unpaired) electrons. The molecular weight excluding hydrogens is 218 g/mol. The molecule has 88 valence electrons. The Morgan fingerprint density at radius 3 is 2.62 bits per heavy atom. The first-order valence-electron chi connectivity index (χ1n) is 4.87. The number of carbonyl (C=O) groups is 1. The summed E-state index contributed by atoms with van der Waals surface area (Å²) in [4.78, 5) is 10.3. The van der Waals surface area contributed by atoms with E-state index in [4.69, 9.17) is 9.84 Å². The zero-order chi connectivity index (χ0) is 12.1. The van der Waals surface area contributed by atoms with Gasteiger partial charge in [0.2, 0.25) is 5.82 Å². The number of benzene rings is 1. The third kappa shape index (κ3) is 2.92. The summed E-state index contributed by atoms with van der Waals surface area (Å²) in [7, 11) is 0. The molecule has 0 saturated heterocycles. The molecule has 0 aromatic heterocycles.